The van der Waals surface area contributed by atoms with Gasteiger partial charge in [0.15, 0.2) is 9.84 Å². The number of carbonyl (C=O) groups is 3. The third kappa shape index (κ3) is 5.92. The van der Waals surface area contributed by atoms with E-state index in [4.69, 9.17) is 23.2 Å². The van der Waals surface area contributed by atoms with Crippen LogP contribution in [0.2, 0.25) is 10.0 Å². The summed E-state index contributed by atoms with van der Waals surface area (Å²) in [5, 5.41) is 13.1. The molecular weight excluding hydrogens is 591 g/mol. The number of carbonyl (C=O) groups excluding carboxylic acids is 2. The molecule has 4 aromatic rings. The van der Waals surface area contributed by atoms with Crippen LogP contribution in [0.25, 0.3) is 11.0 Å². The number of rotatable bonds is 7. The fraction of sp³-hybridized carbons (Fsp3) is 0.214. The van der Waals surface area contributed by atoms with Crippen molar-refractivity contribution in [3.8, 4) is 0 Å². The zero-order valence-corrected chi connectivity index (χ0v) is 24.0. The van der Waals surface area contributed by atoms with Crippen LogP contribution in [0.5, 0.6) is 0 Å². The Bertz CT molecular complexity index is 1790. The molecule has 0 saturated carbocycles. The van der Waals surface area contributed by atoms with Crippen molar-refractivity contribution in [1.82, 2.24) is 20.2 Å². The molecule has 10 nitrogen and oxygen atoms in total. The zero-order valence-electron chi connectivity index (χ0n) is 21.6. The first-order chi connectivity index (χ1) is 19.4. The first-order valence-corrected chi connectivity index (χ1v) is 15.1. The van der Waals surface area contributed by atoms with Gasteiger partial charge in [0.1, 0.15) is 17.4 Å². The second-order valence-corrected chi connectivity index (χ2v) is 12.6. The summed E-state index contributed by atoms with van der Waals surface area (Å²) >= 11 is 13.1. The Morgan fingerprint density at radius 3 is 2.63 bits per heavy atom. The third-order valence-corrected chi connectivity index (χ3v) is 8.74. The first kappa shape index (κ1) is 28.6. The predicted molar refractivity (Wildman–Crippen MR) is 153 cm³/mol. The van der Waals surface area contributed by atoms with E-state index in [0.717, 1.165) is 11.6 Å². The number of carboxylic acids is 1. The summed E-state index contributed by atoms with van der Waals surface area (Å²) in [7, 11) is -3.50. The van der Waals surface area contributed by atoms with Crippen LogP contribution in [0.3, 0.4) is 0 Å². The van der Waals surface area contributed by atoms with Crippen LogP contribution in [-0.4, -0.2) is 65.0 Å². The number of nitrogens with one attached hydrogen (secondary N) is 2. The molecule has 212 valence electrons. The van der Waals surface area contributed by atoms with Gasteiger partial charge in [0.25, 0.3) is 11.8 Å². The van der Waals surface area contributed by atoms with Gasteiger partial charge in [-0.3, -0.25) is 9.59 Å². The minimum atomic E-state index is -3.50. The van der Waals surface area contributed by atoms with Gasteiger partial charge < -0.3 is 20.3 Å². The average Bonchev–Trinajstić information content (AvgIpc) is 3.36. The molecule has 1 aliphatic rings. The normalized spacial score (nSPS) is 14.0. The molecular formula is C28H24Cl2N4O6S. The van der Waals surface area contributed by atoms with E-state index in [1.165, 1.54) is 18.2 Å². The van der Waals surface area contributed by atoms with Crippen molar-refractivity contribution < 1.29 is 27.9 Å². The molecule has 5 rings (SSSR count). The van der Waals surface area contributed by atoms with Crippen molar-refractivity contribution >= 4 is 61.9 Å². The number of pyridine rings is 1. The Kier molecular flexibility index (Phi) is 7.78. The summed E-state index contributed by atoms with van der Waals surface area (Å²) in [5.41, 5.74) is 2.69. The van der Waals surface area contributed by atoms with Crippen molar-refractivity contribution in [1.29, 1.82) is 0 Å². The molecule has 0 unspecified atom stereocenters. The van der Waals surface area contributed by atoms with Crippen LogP contribution >= 0.6 is 23.2 Å². The number of H-pyrrole nitrogens is 1. The van der Waals surface area contributed by atoms with Gasteiger partial charge in [-0.1, -0.05) is 35.3 Å². The second-order valence-electron chi connectivity index (χ2n) is 9.77. The van der Waals surface area contributed by atoms with Crippen LogP contribution < -0.4 is 5.32 Å². The molecule has 1 aliphatic heterocycles. The molecule has 3 heterocycles. The molecule has 0 aliphatic carbocycles. The first-order valence-electron chi connectivity index (χ1n) is 12.5. The Morgan fingerprint density at radius 2 is 1.93 bits per heavy atom. The van der Waals surface area contributed by atoms with Crippen LogP contribution in [0.4, 0.5) is 0 Å². The Hall–Kier alpha value is -3.93. The SMILES string of the molecule is CS(=O)(=O)c1cccc(C[C@H](NC(=O)c2c(Cl)cc3c(c2Cl)CCN(C(=O)c2cc4cccnc4[nH]2)C3)C(=O)O)c1. The summed E-state index contributed by atoms with van der Waals surface area (Å²) in [6.45, 7) is 0.554. The van der Waals surface area contributed by atoms with Crippen LogP contribution in [0.15, 0.2) is 59.6 Å². The van der Waals surface area contributed by atoms with E-state index in [9.17, 15) is 27.9 Å². The summed E-state index contributed by atoms with van der Waals surface area (Å²) in [6, 6.07) is 11.4. The molecule has 0 fully saturated rings. The second kappa shape index (κ2) is 11.2. The highest BCUT2D eigenvalue weighted by molar-refractivity contribution is 7.90. The highest BCUT2D eigenvalue weighted by Crippen LogP contribution is 2.35. The number of sulfone groups is 1. The monoisotopic (exact) mass is 614 g/mol. The van der Waals surface area contributed by atoms with Crippen LogP contribution in [0.1, 0.15) is 37.5 Å². The molecule has 2 aromatic heterocycles. The quantitative estimate of drug-likeness (QED) is 0.286. The van der Waals surface area contributed by atoms with Gasteiger partial charge in [-0.15, -0.1) is 0 Å². The number of halogens is 2. The maximum Gasteiger partial charge on any atom is 0.326 e. The van der Waals surface area contributed by atoms with Crippen molar-refractivity contribution in [3.63, 3.8) is 0 Å². The molecule has 1 atom stereocenters. The lowest BCUT2D eigenvalue weighted by Crippen LogP contribution is -2.42. The van der Waals surface area contributed by atoms with Gasteiger partial charge in [0.05, 0.1) is 20.5 Å². The fourth-order valence-corrected chi connectivity index (χ4v) is 6.30. The highest BCUT2D eigenvalue weighted by Gasteiger charge is 2.30. The smallest absolute Gasteiger partial charge is 0.326 e. The number of nitrogens with zero attached hydrogens (tertiary/aromatic N) is 2. The lowest BCUT2D eigenvalue weighted by molar-refractivity contribution is -0.139. The van der Waals surface area contributed by atoms with Gasteiger partial charge >= 0.3 is 5.97 Å². The van der Waals surface area contributed by atoms with Gasteiger partial charge in [-0.05, 0) is 59.5 Å². The summed E-state index contributed by atoms with van der Waals surface area (Å²) < 4.78 is 23.8. The third-order valence-electron chi connectivity index (χ3n) is 6.91. The Labute approximate surface area is 245 Å². The van der Waals surface area contributed by atoms with Crippen molar-refractivity contribution in [2.45, 2.75) is 30.3 Å². The molecule has 0 spiro atoms. The molecule has 2 amide bonds. The lowest BCUT2D eigenvalue weighted by atomic mass is 9.96. The van der Waals surface area contributed by atoms with Gasteiger partial charge in [-0.25, -0.2) is 18.2 Å². The molecule has 2 aromatic carbocycles. The molecule has 13 heteroatoms. The van der Waals surface area contributed by atoms with E-state index in [-0.39, 0.29) is 39.4 Å². The minimum absolute atomic E-state index is 0.0126. The number of carboxylic acid groups (broad SMARTS) is 1. The highest BCUT2D eigenvalue weighted by atomic mass is 35.5. The summed E-state index contributed by atoms with van der Waals surface area (Å²) in [5.74, 6) is -2.31. The topological polar surface area (TPSA) is 150 Å². The van der Waals surface area contributed by atoms with E-state index in [1.54, 1.807) is 35.4 Å². The Balaban J connectivity index is 1.35. The van der Waals surface area contributed by atoms with Gasteiger partial charge in [0.2, 0.25) is 0 Å². The van der Waals surface area contributed by atoms with E-state index in [1.807, 2.05) is 6.07 Å². The number of aromatic nitrogens is 2. The van der Waals surface area contributed by atoms with Crippen molar-refractivity contribution in [2.75, 3.05) is 12.8 Å². The maximum absolute atomic E-state index is 13.2. The number of hydrogen-bond acceptors (Lipinski definition) is 6. The van der Waals surface area contributed by atoms with Crippen molar-refractivity contribution in [2.24, 2.45) is 0 Å². The average molecular weight is 615 g/mol. The number of aliphatic carboxylic acids is 1. The van der Waals surface area contributed by atoms with E-state index in [0.29, 0.717) is 41.0 Å². The minimum Gasteiger partial charge on any atom is -0.480 e. The van der Waals surface area contributed by atoms with Crippen LogP contribution in [-0.2, 0) is 34.0 Å². The summed E-state index contributed by atoms with van der Waals surface area (Å²) in [4.78, 5) is 47.3. The van der Waals surface area contributed by atoms with Gasteiger partial charge in [0, 0.05) is 37.3 Å². The number of benzene rings is 2. The largest absolute Gasteiger partial charge is 0.480 e. The van der Waals surface area contributed by atoms with E-state index < -0.39 is 27.8 Å². The number of hydrogen-bond donors (Lipinski definition) is 3. The van der Waals surface area contributed by atoms with E-state index >= 15 is 0 Å². The number of aromatic amines is 1. The maximum atomic E-state index is 13.2. The molecule has 0 bridgehead atoms. The van der Waals surface area contributed by atoms with Crippen LogP contribution in [0, 0.1) is 0 Å². The predicted octanol–water partition coefficient (Wildman–Crippen LogP) is 3.90. The number of fused-ring (bicyclic) bond motifs is 2. The Morgan fingerprint density at radius 1 is 1.15 bits per heavy atom. The lowest BCUT2D eigenvalue weighted by Gasteiger charge is -2.30. The zero-order chi connectivity index (χ0) is 29.5. The standard InChI is InChI=1S/C28H24Cl2N4O6S/c1-41(39,40)18-6-2-4-15(10-18)11-22(28(37)38)33-26(35)23-20(29)12-17-14-34(9-7-19(17)24(23)30)27(36)21-13-16-5-3-8-31-25(16)32-21/h2-6,8,10,12-13,22H,7,9,11,14H2,1H3,(H,31,32)(H,33,35)(H,37,38)/t22-/m0/s1. The summed E-state index contributed by atoms with van der Waals surface area (Å²) in [6.07, 6.45) is 2.88. The molecule has 3 N–H and O–H groups in total. The molecule has 0 radical (unpaired) electrons. The molecule has 0 saturated heterocycles. The van der Waals surface area contributed by atoms with Crippen molar-refractivity contribution in [3.05, 3.63) is 92.7 Å². The van der Waals surface area contributed by atoms with E-state index in [2.05, 4.69) is 15.3 Å². The molecule has 41 heavy (non-hydrogen) atoms. The van der Waals surface area contributed by atoms with Gasteiger partial charge in [-0.2, -0.15) is 0 Å². The number of amides is 2. The fourth-order valence-electron chi connectivity index (χ4n) is 4.85.